The van der Waals surface area contributed by atoms with Gasteiger partial charge >= 0.3 is 5.97 Å². The van der Waals surface area contributed by atoms with Crippen molar-refractivity contribution in [3.63, 3.8) is 0 Å². The van der Waals surface area contributed by atoms with Gasteiger partial charge in [-0.25, -0.2) is 0 Å². The summed E-state index contributed by atoms with van der Waals surface area (Å²) in [6.45, 7) is 1.35. The minimum atomic E-state index is -0.337. The lowest BCUT2D eigenvalue weighted by Crippen LogP contribution is -2.05. The molecule has 0 spiro atoms. The molecule has 0 N–H and O–H groups in total. The number of hydrogen-bond acceptors (Lipinski definition) is 2. The van der Waals surface area contributed by atoms with Crippen LogP contribution in [0.3, 0.4) is 0 Å². The van der Waals surface area contributed by atoms with E-state index in [1.54, 1.807) is 24.3 Å². The van der Waals surface area contributed by atoms with Gasteiger partial charge in [-0.15, -0.1) is 0 Å². The maximum atomic E-state index is 10.5. The van der Waals surface area contributed by atoms with Crippen molar-refractivity contribution < 1.29 is 9.53 Å². The predicted octanol–water partition coefficient (Wildman–Crippen LogP) is 0.406. The molecular formula is C8H7BO2. The number of ether oxygens (including phenoxy) is 1. The highest BCUT2D eigenvalue weighted by Crippen LogP contribution is 2.05. The third-order valence-corrected chi connectivity index (χ3v) is 1.12. The Morgan fingerprint density at radius 1 is 1.55 bits per heavy atom. The van der Waals surface area contributed by atoms with Crippen molar-refractivity contribution in [3.05, 3.63) is 24.3 Å². The molecule has 0 aliphatic heterocycles. The van der Waals surface area contributed by atoms with Crippen LogP contribution in [0.1, 0.15) is 6.92 Å². The average molecular weight is 146 g/mol. The van der Waals surface area contributed by atoms with Gasteiger partial charge in [-0.1, -0.05) is 17.6 Å². The fourth-order valence-electron chi connectivity index (χ4n) is 0.744. The topological polar surface area (TPSA) is 26.3 Å². The van der Waals surface area contributed by atoms with Crippen molar-refractivity contribution in [2.45, 2.75) is 6.92 Å². The second-order valence-corrected chi connectivity index (χ2v) is 2.17. The van der Waals surface area contributed by atoms with E-state index in [9.17, 15) is 4.79 Å². The molecule has 0 unspecified atom stereocenters. The van der Waals surface area contributed by atoms with E-state index in [2.05, 4.69) is 0 Å². The predicted molar refractivity (Wildman–Crippen MR) is 43.1 cm³/mol. The Morgan fingerprint density at radius 2 is 2.27 bits per heavy atom. The number of benzene rings is 1. The fraction of sp³-hybridized carbons (Fsp3) is 0.125. The zero-order chi connectivity index (χ0) is 8.27. The van der Waals surface area contributed by atoms with Crippen LogP contribution in [0.4, 0.5) is 0 Å². The molecule has 0 aliphatic carbocycles. The molecule has 0 saturated carbocycles. The zero-order valence-corrected chi connectivity index (χ0v) is 6.20. The summed E-state index contributed by atoms with van der Waals surface area (Å²) in [7, 11) is 5.44. The highest BCUT2D eigenvalue weighted by Gasteiger charge is 1.95. The van der Waals surface area contributed by atoms with Gasteiger partial charge in [-0.2, -0.15) is 0 Å². The van der Waals surface area contributed by atoms with E-state index in [0.717, 1.165) is 0 Å². The first-order valence-electron chi connectivity index (χ1n) is 3.22. The van der Waals surface area contributed by atoms with E-state index in [0.29, 0.717) is 11.2 Å². The molecule has 0 heterocycles. The fourth-order valence-corrected chi connectivity index (χ4v) is 0.744. The molecule has 54 valence electrons. The Morgan fingerprint density at radius 3 is 2.82 bits per heavy atom. The van der Waals surface area contributed by atoms with Gasteiger partial charge in [0, 0.05) is 6.92 Å². The summed E-state index contributed by atoms with van der Waals surface area (Å²) in [6.07, 6.45) is 0. The largest absolute Gasteiger partial charge is 0.427 e. The first-order valence-corrected chi connectivity index (χ1v) is 3.22. The molecule has 1 aromatic carbocycles. The summed E-state index contributed by atoms with van der Waals surface area (Å²) in [6, 6.07) is 6.74. The van der Waals surface area contributed by atoms with Crippen LogP contribution < -0.4 is 10.2 Å². The van der Waals surface area contributed by atoms with Gasteiger partial charge < -0.3 is 4.74 Å². The van der Waals surface area contributed by atoms with Crippen molar-refractivity contribution in [1.29, 1.82) is 0 Å². The molecule has 2 radical (unpaired) electrons. The minimum absolute atomic E-state index is 0.337. The molecule has 1 aromatic rings. The zero-order valence-electron chi connectivity index (χ0n) is 6.20. The van der Waals surface area contributed by atoms with E-state index in [1.165, 1.54) is 6.92 Å². The van der Waals surface area contributed by atoms with Gasteiger partial charge in [0.1, 0.15) is 13.6 Å². The van der Waals surface area contributed by atoms with E-state index >= 15 is 0 Å². The van der Waals surface area contributed by atoms with Crippen molar-refractivity contribution in [1.82, 2.24) is 0 Å². The maximum absolute atomic E-state index is 10.5. The van der Waals surface area contributed by atoms with Crippen LogP contribution in [0.5, 0.6) is 5.75 Å². The Kier molecular flexibility index (Phi) is 2.31. The maximum Gasteiger partial charge on any atom is 0.308 e. The molecular weight excluding hydrogens is 139 g/mol. The first-order chi connectivity index (χ1) is 5.18. The van der Waals surface area contributed by atoms with Crippen LogP contribution in [0, 0.1) is 0 Å². The van der Waals surface area contributed by atoms with Crippen molar-refractivity contribution >= 4 is 19.3 Å². The standard InChI is InChI=1S/C8H7BO2/c1-6(10)11-8-4-2-3-7(9)5-8/h2-5H,1H3. The molecule has 11 heavy (non-hydrogen) atoms. The number of carbonyl (C=O) groups excluding carboxylic acids is 1. The highest BCUT2D eigenvalue weighted by atomic mass is 16.5. The van der Waals surface area contributed by atoms with Gasteiger partial charge in [0.05, 0.1) is 0 Å². The molecule has 0 amide bonds. The Bertz CT molecular complexity index is 271. The third-order valence-electron chi connectivity index (χ3n) is 1.12. The normalized spacial score (nSPS) is 9.18. The minimum Gasteiger partial charge on any atom is -0.427 e. The second kappa shape index (κ2) is 3.24. The van der Waals surface area contributed by atoms with Crippen LogP contribution in [-0.2, 0) is 4.79 Å². The number of hydrogen-bond donors (Lipinski definition) is 0. The third kappa shape index (κ3) is 2.46. The quantitative estimate of drug-likeness (QED) is 0.325. The molecule has 0 aliphatic rings. The number of carbonyl (C=O) groups is 1. The summed E-state index contributed by atoms with van der Waals surface area (Å²) in [4.78, 5) is 10.5. The highest BCUT2D eigenvalue weighted by molar-refractivity contribution is 6.32. The van der Waals surface area contributed by atoms with Crippen LogP contribution in [0.25, 0.3) is 0 Å². The lowest BCUT2D eigenvalue weighted by Gasteiger charge is -2.00. The Balaban J connectivity index is 2.79. The molecule has 1 rings (SSSR count). The van der Waals surface area contributed by atoms with E-state index in [1.807, 2.05) is 0 Å². The van der Waals surface area contributed by atoms with Crippen molar-refractivity contribution in [2.75, 3.05) is 0 Å². The molecule has 3 heteroatoms. The first kappa shape index (κ1) is 7.86. The Hall–Kier alpha value is -1.25. The summed E-state index contributed by atoms with van der Waals surface area (Å²) in [5.41, 5.74) is 0.587. The molecule has 2 nitrogen and oxygen atoms in total. The molecule has 0 aromatic heterocycles. The summed E-state index contributed by atoms with van der Waals surface area (Å²) >= 11 is 0. The van der Waals surface area contributed by atoms with Crippen molar-refractivity contribution in [3.8, 4) is 5.75 Å². The SMILES string of the molecule is [B]c1cccc(OC(C)=O)c1. The van der Waals surface area contributed by atoms with Gasteiger partial charge in [0.2, 0.25) is 0 Å². The van der Waals surface area contributed by atoms with E-state index < -0.39 is 0 Å². The second-order valence-electron chi connectivity index (χ2n) is 2.17. The molecule has 0 saturated heterocycles. The Labute approximate surface area is 66.6 Å². The van der Waals surface area contributed by atoms with E-state index in [4.69, 9.17) is 12.6 Å². The number of esters is 1. The smallest absolute Gasteiger partial charge is 0.308 e. The van der Waals surface area contributed by atoms with Gasteiger partial charge in [0.25, 0.3) is 0 Å². The van der Waals surface area contributed by atoms with Crippen LogP contribution in [-0.4, -0.2) is 13.8 Å². The van der Waals surface area contributed by atoms with Crippen LogP contribution in [0.2, 0.25) is 0 Å². The van der Waals surface area contributed by atoms with Crippen LogP contribution in [0.15, 0.2) is 24.3 Å². The summed E-state index contributed by atoms with van der Waals surface area (Å²) < 4.78 is 4.78. The summed E-state index contributed by atoms with van der Waals surface area (Å²) in [5.74, 6) is 0.146. The average Bonchev–Trinajstić information content (AvgIpc) is 1.85. The van der Waals surface area contributed by atoms with Crippen LogP contribution >= 0.6 is 0 Å². The molecule has 0 bridgehead atoms. The molecule has 0 atom stereocenters. The molecule has 0 fully saturated rings. The lowest BCUT2D eigenvalue weighted by molar-refractivity contribution is -0.131. The van der Waals surface area contributed by atoms with Gasteiger partial charge in [-0.05, 0) is 12.1 Å². The van der Waals surface area contributed by atoms with Crippen molar-refractivity contribution in [2.24, 2.45) is 0 Å². The number of rotatable bonds is 1. The van der Waals surface area contributed by atoms with E-state index in [-0.39, 0.29) is 5.97 Å². The van der Waals surface area contributed by atoms with Gasteiger partial charge in [0.15, 0.2) is 0 Å². The monoisotopic (exact) mass is 146 g/mol. The summed E-state index contributed by atoms with van der Waals surface area (Å²) in [5, 5.41) is 0. The van der Waals surface area contributed by atoms with Gasteiger partial charge in [-0.3, -0.25) is 4.79 Å². The lowest BCUT2D eigenvalue weighted by atomic mass is 9.96.